The van der Waals surface area contributed by atoms with E-state index in [9.17, 15) is 0 Å². The van der Waals surface area contributed by atoms with Crippen LogP contribution >= 0.6 is 0 Å². The van der Waals surface area contributed by atoms with E-state index < -0.39 is 0 Å². The topological polar surface area (TPSA) is 0 Å². The first-order valence-corrected chi connectivity index (χ1v) is 5.71. The van der Waals surface area contributed by atoms with Crippen molar-refractivity contribution in [3.8, 4) is 0 Å². The molecule has 1 rings (SSSR count). The molecule has 0 spiro atoms. The van der Waals surface area contributed by atoms with Gasteiger partial charge in [0.05, 0.1) is 0 Å². The molecule has 1 saturated carbocycles. The Morgan fingerprint density at radius 2 is 2.07 bits per heavy atom. The van der Waals surface area contributed by atoms with Crippen LogP contribution in [0, 0.1) is 5.92 Å². The largest absolute Gasteiger partial charge is 0.0877 e. The minimum atomic E-state index is 0.713. The molecule has 0 aromatic carbocycles. The van der Waals surface area contributed by atoms with Gasteiger partial charge in [0.15, 0.2) is 0 Å². The lowest BCUT2D eigenvalue weighted by Crippen LogP contribution is -2.07. The summed E-state index contributed by atoms with van der Waals surface area (Å²) in [7, 11) is 0. The summed E-state index contributed by atoms with van der Waals surface area (Å²) in [6, 6.07) is 0. The second-order valence-electron chi connectivity index (χ2n) is 4.36. The van der Waals surface area contributed by atoms with E-state index in [0.29, 0.717) is 5.92 Å². The van der Waals surface area contributed by atoms with Gasteiger partial charge in [-0.15, -0.1) is 0 Å². The summed E-state index contributed by atoms with van der Waals surface area (Å²) in [5.41, 5.74) is 3.07. The first-order valence-electron chi connectivity index (χ1n) is 5.71. The fraction of sp³-hybridized carbons (Fsp3) is 0.571. The Labute approximate surface area is 88.4 Å². The maximum Gasteiger partial charge on any atom is -0.00177 e. The van der Waals surface area contributed by atoms with Crippen LogP contribution in [-0.2, 0) is 0 Å². The molecule has 0 saturated heterocycles. The summed E-state index contributed by atoms with van der Waals surface area (Å²) in [5, 5.41) is 0. The van der Waals surface area contributed by atoms with Gasteiger partial charge in [-0.05, 0) is 46.0 Å². The van der Waals surface area contributed by atoms with Gasteiger partial charge < -0.3 is 0 Å². The second-order valence-corrected chi connectivity index (χ2v) is 4.36. The van der Waals surface area contributed by atoms with Crippen LogP contribution in [0.15, 0.2) is 35.5 Å². The summed E-state index contributed by atoms with van der Waals surface area (Å²) >= 11 is 0. The normalized spacial score (nSPS) is 25.6. The molecule has 0 N–H and O–H groups in total. The maximum absolute atomic E-state index is 2.43. The Balaban J connectivity index is 2.73. The first kappa shape index (κ1) is 11.3. The summed E-state index contributed by atoms with van der Waals surface area (Å²) in [4.78, 5) is 0. The lowest BCUT2D eigenvalue weighted by atomic mass is 9.83. The van der Waals surface area contributed by atoms with Crippen molar-refractivity contribution in [3.63, 3.8) is 0 Å². The van der Waals surface area contributed by atoms with Gasteiger partial charge in [-0.1, -0.05) is 41.9 Å². The van der Waals surface area contributed by atoms with Crippen molar-refractivity contribution < 1.29 is 0 Å². The summed E-state index contributed by atoms with van der Waals surface area (Å²) in [5.74, 6) is 0.713. The van der Waals surface area contributed by atoms with Gasteiger partial charge in [-0.3, -0.25) is 0 Å². The van der Waals surface area contributed by atoms with Crippen molar-refractivity contribution in [3.05, 3.63) is 35.5 Å². The van der Waals surface area contributed by atoms with E-state index in [1.165, 1.54) is 31.3 Å². The van der Waals surface area contributed by atoms with Crippen molar-refractivity contribution in [1.82, 2.24) is 0 Å². The van der Waals surface area contributed by atoms with E-state index in [1.54, 1.807) is 5.57 Å². The molecule has 1 atom stereocenters. The third-order valence-corrected chi connectivity index (χ3v) is 2.74. The van der Waals surface area contributed by atoms with Crippen molar-refractivity contribution >= 4 is 0 Å². The Hall–Kier alpha value is -0.780. The standard InChI is InChI=1S/C14H22/c1-4-5-8-13-9-6-7-10-14(13)11-12(2)3/h4-5,8,11,14H,6-7,9-10H2,1-3H3/b5-4+,13-8+. The highest BCUT2D eigenvalue weighted by Gasteiger charge is 2.15. The van der Waals surface area contributed by atoms with E-state index in [-0.39, 0.29) is 0 Å². The van der Waals surface area contributed by atoms with Gasteiger partial charge >= 0.3 is 0 Å². The molecule has 1 fully saturated rings. The zero-order chi connectivity index (χ0) is 10.4. The summed E-state index contributed by atoms with van der Waals surface area (Å²) in [6.07, 6.45) is 14.4. The molecule has 0 heteroatoms. The third-order valence-electron chi connectivity index (χ3n) is 2.74. The van der Waals surface area contributed by atoms with Crippen LogP contribution in [0.25, 0.3) is 0 Å². The highest BCUT2D eigenvalue weighted by molar-refractivity contribution is 5.21. The lowest BCUT2D eigenvalue weighted by molar-refractivity contribution is 0.517. The van der Waals surface area contributed by atoms with Gasteiger partial charge in [-0.2, -0.15) is 0 Å². The molecule has 1 unspecified atom stereocenters. The van der Waals surface area contributed by atoms with E-state index in [2.05, 4.69) is 45.1 Å². The van der Waals surface area contributed by atoms with Gasteiger partial charge in [0, 0.05) is 0 Å². The zero-order valence-corrected chi connectivity index (χ0v) is 9.72. The number of allylic oxidation sites excluding steroid dienone is 6. The maximum atomic E-state index is 2.43. The highest BCUT2D eigenvalue weighted by Crippen LogP contribution is 2.31. The van der Waals surface area contributed by atoms with Crippen molar-refractivity contribution in [2.45, 2.75) is 46.5 Å². The van der Waals surface area contributed by atoms with Crippen molar-refractivity contribution in [1.29, 1.82) is 0 Å². The molecular formula is C14H22. The van der Waals surface area contributed by atoms with Crippen LogP contribution in [-0.4, -0.2) is 0 Å². The lowest BCUT2D eigenvalue weighted by Gasteiger charge is -2.22. The van der Waals surface area contributed by atoms with Gasteiger partial charge in [0.1, 0.15) is 0 Å². The molecule has 0 aromatic heterocycles. The predicted molar refractivity (Wildman–Crippen MR) is 64.3 cm³/mol. The second kappa shape index (κ2) is 5.85. The average molecular weight is 190 g/mol. The third kappa shape index (κ3) is 3.53. The van der Waals surface area contributed by atoms with Crippen molar-refractivity contribution in [2.24, 2.45) is 5.92 Å². The zero-order valence-electron chi connectivity index (χ0n) is 9.72. The Kier molecular flexibility index (Phi) is 4.72. The SMILES string of the molecule is C/C=C/C=C1\CCCCC1C=C(C)C. The van der Waals surface area contributed by atoms with E-state index in [4.69, 9.17) is 0 Å². The number of hydrogen-bond donors (Lipinski definition) is 0. The van der Waals surface area contributed by atoms with E-state index in [0.717, 1.165) is 0 Å². The van der Waals surface area contributed by atoms with Gasteiger partial charge in [0.2, 0.25) is 0 Å². The molecule has 0 radical (unpaired) electrons. The molecule has 0 nitrogen and oxygen atoms in total. The van der Waals surface area contributed by atoms with Crippen LogP contribution in [0.4, 0.5) is 0 Å². The first-order chi connectivity index (χ1) is 6.74. The monoisotopic (exact) mass is 190 g/mol. The fourth-order valence-corrected chi connectivity index (χ4v) is 2.08. The fourth-order valence-electron chi connectivity index (χ4n) is 2.08. The molecule has 78 valence electrons. The highest BCUT2D eigenvalue weighted by atomic mass is 14.2. The molecule has 0 heterocycles. The molecule has 0 aromatic rings. The average Bonchev–Trinajstić information content (AvgIpc) is 2.16. The molecule has 0 amide bonds. The molecule has 1 aliphatic rings. The predicted octanol–water partition coefficient (Wildman–Crippen LogP) is 4.65. The summed E-state index contributed by atoms with van der Waals surface area (Å²) < 4.78 is 0. The number of rotatable bonds is 2. The molecule has 1 aliphatic carbocycles. The quantitative estimate of drug-likeness (QED) is 0.556. The van der Waals surface area contributed by atoms with Crippen LogP contribution < -0.4 is 0 Å². The minimum absolute atomic E-state index is 0.713. The minimum Gasteiger partial charge on any atom is -0.0877 e. The summed E-state index contributed by atoms with van der Waals surface area (Å²) in [6.45, 7) is 6.47. The molecular weight excluding hydrogens is 168 g/mol. The molecule has 14 heavy (non-hydrogen) atoms. The Bertz CT molecular complexity index is 249. The van der Waals surface area contributed by atoms with Crippen molar-refractivity contribution in [2.75, 3.05) is 0 Å². The van der Waals surface area contributed by atoms with Crippen LogP contribution in [0.5, 0.6) is 0 Å². The Morgan fingerprint density at radius 1 is 1.29 bits per heavy atom. The Morgan fingerprint density at radius 3 is 2.71 bits per heavy atom. The smallest absolute Gasteiger partial charge is 0.00177 e. The van der Waals surface area contributed by atoms with Gasteiger partial charge in [-0.25, -0.2) is 0 Å². The van der Waals surface area contributed by atoms with Gasteiger partial charge in [0.25, 0.3) is 0 Å². The van der Waals surface area contributed by atoms with E-state index in [1.807, 2.05) is 0 Å². The van der Waals surface area contributed by atoms with E-state index >= 15 is 0 Å². The molecule has 0 bridgehead atoms. The molecule has 0 aliphatic heterocycles. The van der Waals surface area contributed by atoms with Crippen LogP contribution in [0.3, 0.4) is 0 Å². The van der Waals surface area contributed by atoms with Crippen LogP contribution in [0.2, 0.25) is 0 Å². The number of hydrogen-bond acceptors (Lipinski definition) is 0. The van der Waals surface area contributed by atoms with Crippen LogP contribution in [0.1, 0.15) is 46.5 Å².